The summed E-state index contributed by atoms with van der Waals surface area (Å²) in [5.41, 5.74) is 0. The summed E-state index contributed by atoms with van der Waals surface area (Å²) in [6.45, 7) is 8.12. The van der Waals surface area contributed by atoms with Gasteiger partial charge < -0.3 is 15.4 Å². The van der Waals surface area contributed by atoms with Crippen LogP contribution in [0.15, 0.2) is 4.99 Å². The Balaban J connectivity index is 0.00000400. The summed E-state index contributed by atoms with van der Waals surface area (Å²) in [6.07, 6.45) is 7.78. The first-order valence-electron chi connectivity index (χ1n) is 8.30. The van der Waals surface area contributed by atoms with Crippen LogP contribution < -0.4 is 10.6 Å². The van der Waals surface area contributed by atoms with E-state index in [0.717, 1.165) is 56.9 Å². The van der Waals surface area contributed by atoms with E-state index in [0.29, 0.717) is 0 Å². The van der Waals surface area contributed by atoms with Gasteiger partial charge in [-0.2, -0.15) is 0 Å². The second kappa shape index (κ2) is 13.6. The Kier molecular flexibility index (Phi) is 13.6. The number of nitrogens with zero attached hydrogens (tertiary/aromatic N) is 1. The summed E-state index contributed by atoms with van der Waals surface area (Å²) in [4.78, 5) is 4.29. The first kappa shape index (κ1) is 21.0. The number of rotatable bonds is 8. The molecule has 2 unspecified atom stereocenters. The number of nitrogens with one attached hydrogen (secondary N) is 2. The van der Waals surface area contributed by atoms with Crippen LogP contribution in [0, 0.1) is 11.8 Å². The maximum absolute atomic E-state index is 5.33. The monoisotopic (exact) mass is 411 g/mol. The number of unbranched alkanes of at least 4 members (excludes halogenated alkanes) is 1. The zero-order chi connectivity index (χ0) is 14.6. The lowest BCUT2D eigenvalue weighted by Gasteiger charge is -2.29. The second-order valence-corrected chi connectivity index (χ2v) is 5.81. The predicted molar refractivity (Wildman–Crippen MR) is 102 cm³/mol. The van der Waals surface area contributed by atoms with Crippen LogP contribution in [0.2, 0.25) is 0 Å². The minimum absolute atomic E-state index is 0. The second-order valence-electron chi connectivity index (χ2n) is 5.81. The van der Waals surface area contributed by atoms with Crippen LogP contribution in [-0.4, -0.2) is 39.3 Å². The lowest BCUT2D eigenvalue weighted by atomic mass is 9.80. The number of aliphatic imine (C=N–C) groups is 1. The Morgan fingerprint density at radius 1 is 1.19 bits per heavy atom. The van der Waals surface area contributed by atoms with Crippen molar-refractivity contribution in [2.24, 2.45) is 16.8 Å². The molecule has 0 aliphatic heterocycles. The van der Waals surface area contributed by atoms with Crippen molar-refractivity contribution in [1.29, 1.82) is 0 Å². The fourth-order valence-corrected chi connectivity index (χ4v) is 2.82. The number of guanidine groups is 1. The molecule has 1 fully saturated rings. The fourth-order valence-electron chi connectivity index (χ4n) is 2.82. The third-order valence-electron chi connectivity index (χ3n) is 4.26. The molecule has 0 amide bonds. The molecule has 5 heteroatoms. The molecule has 1 saturated carbocycles. The van der Waals surface area contributed by atoms with Gasteiger partial charge in [0, 0.05) is 33.4 Å². The highest BCUT2D eigenvalue weighted by Gasteiger charge is 2.21. The minimum Gasteiger partial charge on any atom is -0.382 e. The van der Waals surface area contributed by atoms with E-state index in [1.807, 2.05) is 14.0 Å². The van der Waals surface area contributed by atoms with Gasteiger partial charge >= 0.3 is 0 Å². The van der Waals surface area contributed by atoms with Crippen LogP contribution in [0.3, 0.4) is 0 Å². The molecular weight excluding hydrogens is 377 g/mol. The molecule has 4 nitrogen and oxygen atoms in total. The molecule has 0 spiro atoms. The Morgan fingerprint density at radius 3 is 2.62 bits per heavy atom. The Morgan fingerprint density at radius 2 is 1.95 bits per heavy atom. The van der Waals surface area contributed by atoms with Crippen molar-refractivity contribution in [2.45, 2.75) is 52.4 Å². The Labute approximate surface area is 147 Å². The summed E-state index contributed by atoms with van der Waals surface area (Å²) in [7, 11) is 1.85. The normalized spacial score (nSPS) is 22.5. The molecule has 1 rings (SSSR count). The van der Waals surface area contributed by atoms with Gasteiger partial charge in [-0.1, -0.05) is 26.2 Å². The maximum Gasteiger partial charge on any atom is 0.190 e. The summed E-state index contributed by atoms with van der Waals surface area (Å²) >= 11 is 0. The van der Waals surface area contributed by atoms with Crippen LogP contribution in [0.25, 0.3) is 0 Å². The van der Waals surface area contributed by atoms with E-state index in [4.69, 9.17) is 4.74 Å². The fraction of sp³-hybridized carbons (Fsp3) is 0.938. The highest BCUT2D eigenvalue weighted by Crippen LogP contribution is 2.28. The number of halogens is 1. The Hall–Kier alpha value is -0.0400. The van der Waals surface area contributed by atoms with Crippen LogP contribution in [0.4, 0.5) is 0 Å². The molecule has 0 radical (unpaired) electrons. The van der Waals surface area contributed by atoms with E-state index in [9.17, 15) is 0 Å². The first-order valence-corrected chi connectivity index (χ1v) is 8.30. The summed E-state index contributed by atoms with van der Waals surface area (Å²) in [5.74, 6) is 2.60. The van der Waals surface area contributed by atoms with E-state index in [2.05, 4.69) is 22.5 Å². The quantitative estimate of drug-likeness (QED) is 0.279. The van der Waals surface area contributed by atoms with E-state index in [-0.39, 0.29) is 24.0 Å². The number of ether oxygens (including phenoxy) is 1. The lowest BCUT2D eigenvalue weighted by molar-refractivity contribution is 0.143. The molecule has 0 aromatic heterocycles. The van der Waals surface area contributed by atoms with Gasteiger partial charge in [0.2, 0.25) is 0 Å². The molecule has 21 heavy (non-hydrogen) atoms. The average molecular weight is 411 g/mol. The van der Waals surface area contributed by atoms with Gasteiger partial charge in [-0.05, 0) is 38.0 Å². The third kappa shape index (κ3) is 9.55. The smallest absolute Gasteiger partial charge is 0.190 e. The van der Waals surface area contributed by atoms with Gasteiger partial charge in [0.1, 0.15) is 0 Å². The van der Waals surface area contributed by atoms with Crippen molar-refractivity contribution < 1.29 is 4.74 Å². The molecule has 126 valence electrons. The lowest BCUT2D eigenvalue weighted by Crippen LogP contribution is -2.41. The molecule has 2 N–H and O–H groups in total. The zero-order valence-electron chi connectivity index (χ0n) is 14.0. The molecule has 0 saturated heterocycles. The minimum atomic E-state index is 0. The van der Waals surface area contributed by atoms with Crippen LogP contribution in [-0.2, 0) is 4.74 Å². The van der Waals surface area contributed by atoms with Gasteiger partial charge in [-0.15, -0.1) is 24.0 Å². The topological polar surface area (TPSA) is 45.6 Å². The molecular formula is C16H34IN3O. The highest BCUT2D eigenvalue weighted by molar-refractivity contribution is 14.0. The molecule has 0 aromatic rings. The molecule has 0 heterocycles. The summed E-state index contributed by atoms with van der Waals surface area (Å²) < 4.78 is 5.33. The molecule has 0 aromatic carbocycles. The highest BCUT2D eigenvalue weighted by atomic mass is 127. The van der Waals surface area contributed by atoms with E-state index in [1.54, 1.807) is 0 Å². The van der Waals surface area contributed by atoms with Gasteiger partial charge in [0.15, 0.2) is 5.96 Å². The standard InChI is InChI=1S/C16H33N3O.HI/c1-4-20-12-8-7-11-18-16(17-3)19-13-15-10-6-5-9-14(15)2;/h14-15H,4-13H2,1-3H3,(H2,17,18,19);1H. The molecule has 2 atom stereocenters. The molecule has 1 aliphatic rings. The SMILES string of the molecule is CCOCCCCNC(=NC)NCC1CCCCC1C.I. The molecule has 0 bridgehead atoms. The van der Waals surface area contributed by atoms with Crippen LogP contribution in [0.1, 0.15) is 52.4 Å². The van der Waals surface area contributed by atoms with E-state index < -0.39 is 0 Å². The van der Waals surface area contributed by atoms with Crippen molar-refractivity contribution in [2.75, 3.05) is 33.4 Å². The molecule has 1 aliphatic carbocycles. The van der Waals surface area contributed by atoms with Crippen molar-refractivity contribution in [3.05, 3.63) is 0 Å². The van der Waals surface area contributed by atoms with Gasteiger partial charge in [-0.3, -0.25) is 4.99 Å². The average Bonchev–Trinajstić information content (AvgIpc) is 2.47. The van der Waals surface area contributed by atoms with Crippen molar-refractivity contribution in [1.82, 2.24) is 10.6 Å². The first-order chi connectivity index (χ1) is 9.77. The predicted octanol–water partition coefficient (Wildman–Crippen LogP) is 3.41. The van der Waals surface area contributed by atoms with E-state index >= 15 is 0 Å². The number of hydrogen-bond donors (Lipinski definition) is 2. The maximum atomic E-state index is 5.33. The van der Waals surface area contributed by atoms with Crippen molar-refractivity contribution in [3.63, 3.8) is 0 Å². The van der Waals surface area contributed by atoms with Crippen molar-refractivity contribution in [3.8, 4) is 0 Å². The van der Waals surface area contributed by atoms with Gasteiger partial charge in [0.25, 0.3) is 0 Å². The van der Waals surface area contributed by atoms with Crippen LogP contribution in [0.5, 0.6) is 0 Å². The Bertz CT molecular complexity index is 274. The number of hydrogen-bond acceptors (Lipinski definition) is 2. The van der Waals surface area contributed by atoms with Crippen LogP contribution >= 0.6 is 24.0 Å². The summed E-state index contributed by atoms with van der Waals surface area (Å²) in [5, 5.41) is 6.86. The summed E-state index contributed by atoms with van der Waals surface area (Å²) in [6, 6.07) is 0. The zero-order valence-corrected chi connectivity index (χ0v) is 16.3. The third-order valence-corrected chi connectivity index (χ3v) is 4.26. The van der Waals surface area contributed by atoms with Crippen molar-refractivity contribution >= 4 is 29.9 Å². The van der Waals surface area contributed by atoms with Gasteiger partial charge in [0.05, 0.1) is 0 Å². The van der Waals surface area contributed by atoms with E-state index in [1.165, 1.54) is 25.7 Å². The largest absolute Gasteiger partial charge is 0.382 e. The van der Waals surface area contributed by atoms with Gasteiger partial charge in [-0.25, -0.2) is 0 Å².